The molecule has 2 unspecified atom stereocenters. The number of rotatable bonds is 3. The second-order valence-electron chi connectivity index (χ2n) is 4.88. The van der Waals surface area contributed by atoms with Crippen LogP contribution >= 0.6 is 31.9 Å². The topological polar surface area (TPSA) is 29.1 Å². The van der Waals surface area contributed by atoms with Gasteiger partial charge in [-0.05, 0) is 46.8 Å². The van der Waals surface area contributed by atoms with Crippen LogP contribution in [0.5, 0.6) is 0 Å². The molecule has 0 spiro atoms. The highest BCUT2D eigenvalue weighted by Crippen LogP contribution is 2.27. The van der Waals surface area contributed by atoms with Crippen molar-refractivity contribution in [2.45, 2.75) is 31.7 Å². The van der Waals surface area contributed by atoms with Crippen LogP contribution in [0.2, 0.25) is 0 Å². The molecule has 1 aromatic carbocycles. The van der Waals surface area contributed by atoms with Crippen LogP contribution in [0.4, 0.5) is 4.39 Å². The van der Waals surface area contributed by atoms with E-state index < -0.39 is 5.82 Å². The van der Waals surface area contributed by atoms with Gasteiger partial charge in [0.1, 0.15) is 5.82 Å². The number of benzene rings is 1. The lowest BCUT2D eigenvalue weighted by Crippen LogP contribution is -2.43. The zero-order chi connectivity index (χ0) is 13.8. The Morgan fingerprint density at radius 3 is 2.79 bits per heavy atom. The molecule has 1 fully saturated rings. The fourth-order valence-electron chi connectivity index (χ4n) is 2.54. The lowest BCUT2D eigenvalue weighted by Gasteiger charge is -2.31. The van der Waals surface area contributed by atoms with Crippen molar-refractivity contribution in [2.75, 3.05) is 5.33 Å². The Kier molecular flexibility index (Phi) is 5.39. The molecule has 2 rings (SSSR count). The van der Waals surface area contributed by atoms with Gasteiger partial charge in [-0.3, -0.25) is 4.79 Å². The molecule has 5 heteroatoms. The number of hydrogen-bond donors (Lipinski definition) is 1. The van der Waals surface area contributed by atoms with Crippen molar-refractivity contribution in [3.8, 4) is 0 Å². The van der Waals surface area contributed by atoms with E-state index >= 15 is 0 Å². The van der Waals surface area contributed by atoms with E-state index in [1.807, 2.05) is 0 Å². The third-order valence-corrected chi connectivity index (χ3v) is 5.11. The fourth-order valence-corrected chi connectivity index (χ4v) is 3.83. The van der Waals surface area contributed by atoms with Crippen molar-refractivity contribution in [2.24, 2.45) is 5.92 Å². The van der Waals surface area contributed by atoms with E-state index in [2.05, 4.69) is 37.2 Å². The van der Waals surface area contributed by atoms with Gasteiger partial charge >= 0.3 is 0 Å². The summed E-state index contributed by atoms with van der Waals surface area (Å²) in [5, 5.41) is 3.85. The highest BCUT2D eigenvalue weighted by molar-refractivity contribution is 9.10. The van der Waals surface area contributed by atoms with E-state index in [1.165, 1.54) is 12.5 Å². The number of carbonyl (C=O) groups excluding carboxylic acids is 1. The molecule has 1 aliphatic rings. The zero-order valence-electron chi connectivity index (χ0n) is 10.5. The smallest absolute Gasteiger partial charge is 0.255 e. The maximum atomic E-state index is 13.7. The summed E-state index contributed by atoms with van der Waals surface area (Å²) in [6, 6.07) is 4.70. The molecule has 2 nitrogen and oxygen atoms in total. The minimum absolute atomic E-state index is 0.0985. The molecule has 1 aliphatic carbocycles. The summed E-state index contributed by atoms with van der Waals surface area (Å²) in [6.07, 6.45) is 4.39. The molecule has 0 saturated heterocycles. The average Bonchev–Trinajstić information content (AvgIpc) is 2.39. The normalized spacial score (nSPS) is 23.1. The summed E-state index contributed by atoms with van der Waals surface area (Å²) >= 11 is 6.73. The summed E-state index contributed by atoms with van der Waals surface area (Å²) < 4.78 is 14.2. The molecule has 104 valence electrons. The SMILES string of the molecule is O=C(NC1CCCCC1CBr)c1c(F)cccc1Br. The zero-order valence-corrected chi connectivity index (χ0v) is 13.6. The molecular formula is C14H16Br2FNO. The van der Waals surface area contributed by atoms with Crippen LogP contribution < -0.4 is 5.32 Å². The molecule has 0 radical (unpaired) electrons. The van der Waals surface area contributed by atoms with Crippen LogP contribution in [0.15, 0.2) is 22.7 Å². The van der Waals surface area contributed by atoms with Crippen LogP contribution in [-0.2, 0) is 0 Å². The van der Waals surface area contributed by atoms with Crippen molar-refractivity contribution in [3.05, 3.63) is 34.1 Å². The largest absolute Gasteiger partial charge is 0.349 e. The van der Waals surface area contributed by atoms with Crippen LogP contribution in [0.1, 0.15) is 36.0 Å². The second-order valence-corrected chi connectivity index (χ2v) is 6.38. The monoisotopic (exact) mass is 391 g/mol. The van der Waals surface area contributed by atoms with Crippen LogP contribution in [0, 0.1) is 11.7 Å². The lowest BCUT2D eigenvalue weighted by atomic mass is 9.86. The highest BCUT2D eigenvalue weighted by Gasteiger charge is 2.27. The van der Waals surface area contributed by atoms with Crippen LogP contribution in [0.25, 0.3) is 0 Å². The van der Waals surface area contributed by atoms with Gasteiger partial charge < -0.3 is 5.32 Å². The first-order chi connectivity index (χ1) is 9.13. The molecule has 0 bridgehead atoms. The average molecular weight is 393 g/mol. The Bertz CT molecular complexity index is 447. The number of nitrogens with one attached hydrogen (secondary N) is 1. The molecule has 1 aromatic rings. The van der Waals surface area contributed by atoms with E-state index in [-0.39, 0.29) is 17.5 Å². The van der Waals surface area contributed by atoms with Crippen LogP contribution in [0.3, 0.4) is 0 Å². The van der Waals surface area contributed by atoms with Gasteiger partial charge in [-0.2, -0.15) is 0 Å². The summed E-state index contributed by atoms with van der Waals surface area (Å²) in [5.74, 6) is -0.385. The van der Waals surface area contributed by atoms with E-state index in [9.17, 15) is 9.18 Å². The molecule has 1 saturated carbocycles. The minimum Gasteiger partial charge on any atom is -0.349 e. The van der Waals surface area contributed by atoms with Crippen molar-refractivity contribution < 1.29 is 9.18 Å². The van der Waals surface area contributed by atoms with Gasteiger partial charge in [0.25, 0.3) is 5.91 Å². The first kappa shape index (κ1) is 15.0. The maximum Gasteiger partial charge on any atom is 0.255 e. The molecule has 19 heavy (non-hydrogen) atoms. The predicted octanol–water partition coefficient (Wildman–Crippen LogP) is 4.27. The predicted molar refractivity (Wildman–Crippen MR) is 81.1 cm³/mol. The Balaban J connectivity index is 2.12. The highest BCUT2D eigenvalue weighted by atomic mass is 79.9. The van der Waals surface area contributed by atoms with Gasteiger partial charge in [-0.15, -0.1) is 0 Å². The van der Waals surface area contributed by atoms with Gasteiger partial charge in [0.15, 0.2) is 0 Å². The van der Waals surface area contributed by atoms with Gasteiger partial charge in [-0.25, -0.2) is 4.39 Å². The first-order valence-electron chi connectivity index (χ1n) is 6.44. The van der Waals surface area contributed by atoms with E-state index in [4.69, 9.17) is 0 Å². The van der Waals surface area contributed by atoms with E-state index in [1.54, 1.807) is 12.1 Å². The maximum absolute atomic E-state index is 13.7. The fraction of sp³-hybridized carbons (Fsp3) is 0.500. The third kappa shape index (κ3) is 3.57. The molecule has 0 heterocycles. The summed E-state index contributed by atoms with van der Waals surface area (Å²) in [7, 11) is 0. The van der Waals surface area contributed by atoms with Crippen molar-refractivity contribution in [1.29, 1.82) is 0 Å². The Morgan fingerprint density at radius 2 is 2.11 bits per heavy atom. The van der Waals surface area contributed by atoms with Gasteiger partial charge in [0.2, 0.25) is 0 Å². The molecule has 1 amide bonds. The summed E-state index contributed by atoms with van der Waals surface area (Å²) in [4.78, 5) is 12.2. The number of halogens is 3. The summed E-state index contributed by atoms with van der Waals surface area (Å²) in [5.41, 5.74) is 0.0985. The van der Waals surface area contributed by atoms with Gasteiger partial charge in [-0.1, -0.05) is 34.8 Å². The van der Waals surface area contributed by atoms with Crippen LogP contribution in [-0.4, -0.2) is 17.3 Å². The molecule has 0 aliphatic heterocycles. The number of carbonyl (C=O) groups is 1. The number of alkyl halides is 1. The van der Waals surface area contributed by atoms with Crippen molar-refractivity contribution >= 4 is 37.8 Å². The quantitative estimate of drug-likeness (QED) is 0.764. The first-order valence-corrected chi connectivity index (χ1v) is 8.35. The molecular weight excluding hydrogens is 377 g/mol. The van der Waals surface area contributed by atoms with Gasteiger partial charge in [0.05, 0.1) is 5.56 Å². The Morgan fingerprint density at radius 1 is 1.37 bits per heavy atom. The standard InChI is InChI=1S/C14H16Br2FNO/c15-8-9-4-1-2-7-12(9)18-14(19)13-10(16)5-3-6-11(13)17/h3,5-6,9,12H,1-2,4,7-8H2,(H,18,19). The molecule has 0 aromatic heterocycles. The van der Waals surface area contributed by atoms with Crippen molar-refractivity contribution in [1.82, 2.24) is 5.32 Å². The van der Waals surface area contributed by atoms with E-state index in [0.29, 0.717) is 10.4 Å². The molecule has 2 atom stereocenters. The number of hydrogen-bond acceptors (Lipinski definition) is 1. The third-order valence-electron chi connectivity index (χ3n) is 3.61. The van der Waals surface area contributed by atoms with E-state index in [0.717, 1.165) is 24.6 Å². The summed E-state index contributed by atoms with van der Waals surface area (Å²) in [6.45, 7) is 0. The molecule has 1 N–H and O–H groups in total. The van der Waals surface area contributed by atoms with Crippen molar-refractivity contribution in [3.63, 3.8) is 0 Å². The minimum atomic E-state index is -0.488. The Hall–Kier alpha value is -0.420. The second kappa shape index (κ2) is 6.84. The Labute approximate surface area is 129 Å². The number of amides is 1. The van der Waals surface area contributed by atoms with Gasteiger partial charge in [0, 0.05) is 15.8 Å². The lowest BCUT2D eigenvalue weighted by molar-refractivity contribution is 0.0906.